The van der Waals surface area contributed by atoms with Gasteiger partial charge in [0.2, 0.25) is 0 Å². The predicted molar refractivity (Wildman–Crippen MR) is 92.4 cm³/mol. The highest BCUT2D eigenvalue weighted by molar-refractivity contribution is 5.72. The third-order valence-electron chi connectivity index (χ3n) is 4.31. The molecule has 0 spiro atoms. The minimum atomic E-state index is -0.576. The summed E-state index contributed by atoms with van der Waals surface area (Å²) in [5.41, 5.74) is 3.87. The molecule has 128 valence electrons. The first-order chi connectivity index (χ1) is 11.8. The van der Waals surface area contributed by atoms with Gasteiger partial charge in [-0.1, -0.05) is 48.5 Å². The molecular formula is C20H24O4. The molecule has 4 nitrogen and oxygen atoms in total. The number of aliphatic hydroxyl groups is 2. The van der Waals surface area contributed by atoms with Crippen molar-refractivity contribution >= 4 is 0 Å². The molecule has 1 aliphatic heterocycles. The van der Waals surface area contributed by atoms with Crippen molar-refractivity contribution < 1.29 is 19.7 Å². The van der Waals surface area contributed by atoms with E-state index in [2.05, 4.69) is 0 Å². The summed E-state index contributed by atoms with van der Waals surface area (Å²) >= 11 is 0. The largest absolute Gasteiger partial charge is 0.396 e. The van der Waals surface area contributed by atoms with E-state index in [0.29, 0.717) is 26.1 Å². The zero-order chi connectivity index (χ0) is 16.8. The van der Waals surface area contributed by atoms with Crippen LogP contribution in [-0.4, -0.2) is 30.0 Å². The van der Waals surface area contributed by atoms with E-state index >= 15 is 0 Å². The maximum atomic E-state index is 10.7. The summed E-state index contributed by atoms with van der Waals surface area (Å²) in [5.74, 6) is 0. The summed E-state index contributed by atoms with van der Waals surface area (Å²) in [5, 5.41) is 19.6. The Morgan fingerprint density at radius 2 is 1.71 bits per heavy atom. The third kappa shape index (κ3) is 3.84. The standard InChI is InChI=1S/C20H24O4/c21-12-5-4-11-18(22)16-9-6-10-17(20-23-13-14-24-20)19(16)15-7-2-1-3-8-15/h1-3,6-10,18,20-22H,4-5,11-14H2. The molecule has 0 radical (unpaired) electrons. The molecule has 1 aliphatic rings. The number of rotatable bonds is 7. The molecule has 1 unspecified atom stereocenters. The minimum Gasteiger partial charge on any atom is -0.396 e. The van der Waals surface area contributed by atoms with Crippen LogP contribution in [0.5, 0.6) is 0 Å². The summed E-state index contributed by atoms with van der Waals surface area (Å²) in [6.45, 7) is 1.33. The second kappa shape index (κ2) is 8.40. The number of hydrogen-bond donors (Lipinski definition) is 2. The zero-order valence-electron chi connectivity index (χ0n) is 13.7. The average molecular weight is 328 g/mol. The molecular weight excluding hydrogens is 304 g/mol. The molecule has 0 aromatic heterocycles. The van der Waals surface area contributed by atoms with Crippen LogP contribution in [0.15, 0.2) is 48.5 Å². The van der Waals surface area contributed by atoms with Crippen molar-refractivity contribution in [3.8, 4) is 11.1 Å². The molecule has 0 aliphatic carbocycles. The number of unbranched alkanes of at least 4 members (excludes halogenated alkanes) is 1. The number of benzene rings is 2. The van der Waals surface area contributed by atoms with Crippen molar-refractivity contribution in [1.82, 2.24) is 0 Å². The summed E-state index contributed by atoms with van der Waals surface area (Å²) in [6.07, 6.45) is 1.15. The van der Waals surface area contributed by atoms with Crippen molar-refractivity contribution in [3.05, 3.63) is 59.7 Å². The molecule has 0 bridgehead atoms. The zero-order valence-corrected chi connectivity index (χ0v) is 13.7. The monoisotopic (exact) mass is 328 g/mol. The lowest BCUT2D eigenvalue weighted by Gasteiger charge is -2.21. The number of hydrogen-bond acceptors (Lipinski definition) is 4. The molecule has 24 heavy (non-hydrogen) atoms. The molecule has 1 atom stereocenters. The molecule has 1 fully saturated rings. The fraction of sp³-hybridized carbons (Fsp3) is 0.400. The first-order valence-electron chi connectivity index (χ1n) is 8.51. The fourth-order valence-corrected chi connectivity index (χ4v) is 3.14. The van der Waals surface area contributed by atoms with Crippen molar-refractivity contribution in [2.24, 2.45) is 0 Å². The van der Waals surface area contributed by atoms with Crippen molar-refractivity contribution in [2.75, 3.05) is 19.8 Å². The van der Waals surface area contributed by atoms with Crippen molar-refractivity contribution in [3.63, 3.8) is 0 Å². The predicted octanol–water partition coefficient (Wildman–Crippen LogP) is 3.60. The van der Waals surface area contributed by atoms with Crippen LogP contribution in [0.3, 0.4) is 0 Å². The summed E-state index contributed by atoms with van der Waals surface area (Å²) in [6, 6.07) is 15.9. The highest BCUT2D eigenvalue weighted by Gasteiger charge is 2.25. The lowest BCUT2D eigenvalue weighted by Crippen LogP contribution is -2.07. The summed E-state index contributed by atoms with van der Waals surface area (Å²) in [7, 11) is 0. The van der Waals surface area contributed by atoms with E-state index in [0.717, 1.165) is 28.7 Å². The van der Waals surface area contributed by atoms with E-state index in [9.17, 15) is 5.11 Å². The summed E-state index contributed by atoms with van der Waals surface area (Å²) < 4.78 is 11.4. The molecule has 2 aromatic rings. The first-order valence-corrected chi connectivity index (χ1v) is 8.51. The van der Waals surface area contributed by atoms with E-state index in [1.807, 2.05) is 48.5 Å². The van der Waals surface area contributed by atoms with E-state index in [1.54, 1.807) is 0 Å². The minimum absolute atomic E-state index is 0.155. The van der Waals surface area contributed by atoms with Crippen LogP contribution in [0.25, 0.3) is 11.1 Å². The van der Waals surface area contributed by atoms with Crippen LogP contribution in [0.2, 0.25) is 0 Å². The maximum Gasteiger partial charge on any atom is 0.184 e. The molecule has 4 heteroatoms. The number of ether oxygens (including phenoxy) is 2. The summed E-state index contributed by atoms with van der Waals surface area (Å²) in [4.78, 5) is 0. The van der Waals surface area contributed by atoms with E-state index in [4.69, 9.17) is 14.6 Å². The first kappa shape index (κ1) is 17.1. The van der Waals surface area contributed by atoms with Gasteiger partial charge in [0.15, 0.2) is 6.29 Å². The fourth-order valence-electron chi connectivity index (χ4n) is 3.14. The van der Waals surface area contributed by atoms with Gasteiger partial charge in [0.1, 0.15) is 0 Å². The highest BCUT2D eigenvalue weighted by Crippen LogP contribution is 2.38. The Kier molecular flexibility index (Phi) is 5.99. The Labute approximate surface area is 142 Å². The van der Waals surface area contributed by atoms with Gasteiger partial charge in [0.25, 0.3) is 0 Å². The average Bonchev–Trinajstić information content (AvgIpc) is 3.16. The Bertz CT molecular complexity index is 635. The van der Waals surface area contributed by atoms with Crippen molar-refractivity contribution in [2.45, 2.75) is 31.7 Å². The van der Waals surface area contributed by atoms with Gasteiger partial charge in [-0.15, -0.1) is 0 Å². The second-order valence-corrected chi connectivity index (χ2v) is 5.99. The van der Waals surface area contributed by atoms with Crippen LogP contribution in [0.4, 0.5) is 0 Å². The molecule has 0 amide bonds. The van der Waals surface area contributed by atoms with Crippen LogP contribution >= 0.6 is 0 Å². The van der Waals surface area contributed by atoms with Crippen LogP contribution in [0, 0.1) is 0 Å². The normalized spacial score (nSPS) is 16.4. The molecule has 2 N–H and O–H groups in total. The Morgan fingerprint density at radius 3 is 2.42 bits per heavy atom. The van der Waals surface area contributed by atoms with Gasteiger partial charge < -0.3 is 19.7 Å². The Hall–Kier alpha value is -1.72. The molecule has 0 saturated carbocycles. The smallest absolute Gasteiger partial charge is 0.184 e. The highest BCUT2D eigenvalue weighted by atomic mass is 16.7. The Balaban J connectivity index is 1.99. The van der Waals surface area contributed by atoms with Gasteiger partial charge in [-0.25, -0.2) is 0 Å². The van der Waals surface area contributed by atoms with E-state index < -0.39 is 6.10 Å². The quantitative estimate of drug-likeness (QED) is 0.763. The van der Waals surface area contributed by atoms with Crippen molar-refractivity contribution in [1.29, 1.82) is 0 Å². The van der Waals surface area contributed by atoms with E-state index in [-0.39, 0.29) is 12.9 Å². The van der Waals surface area contributed by atoms with Crippen LogP contribution in [-0.2, 0) is 9.47 Å². The third-order valence-corrected chi connectivity index (χ3v) is 4.31. The van der Waals surface area contributed by atoms with Crippen LogP contribution < -0.4 is 0 Å². The number of aliphatic hydroxyl groups excluding tert-OH is 2. The van der Waals surface area contributed by atoms with Gasteiger partial charge in [-0.05, 0) is 36.0 Å². The van der Waals surface area contributed by atoms with Gasteiger partial charge in [0, 0.05) is 12.2 Å². The molecule has 2 aromatic carbocycles. The lowest BCUT2D eigenvalue weighted by molar-refractivity contribution is -0.0438. The van der Waals surface area contributed by atoms with Gasteiger partial charge >= 0.3 is 0 Å². The molecule has 1 heterocycles. The maximum absolute atomic E-state index is 10.7. The lowest BCUT2D eigenvalue weighted by atomic mass is 9.89. The second-order valence-electron chi connectivity index (χ2n) is 5.99. The van der Waals surface area contributed by atoms with Gasteiger partial charge in [-0.2, -0.15) is 0 Å². The molecule has 1 saturated heterocycles. The van der Waals surface area contributed by atoms with Gasteiger partial charge in [0.05, 0.1) is 19.3 Å². The van der Waals surface area contributed by atoms with E-state index in [1.165, 1.54) is 0 Å². The Morgan fingerprint density at radius 1 is 0.958 bits per heavy atom. The topological polar surface area (TPSA) is 58.9 Å². The SMILES string of the molecule is OCCCCC(O)c1cccc(C2OCCO2)c1-c1ccccc1. The van der Waals surface area contributed by atoms with Crippen LogP contribution in [0.1, 0.15) is 42.8 Å². The molecule has 3 rings (SSSR count). The van der Waals surface area contributed by atoms with Gasteiger partial charge in [-0.3, -0.25) is 0 Å².